The van der Waals surface area contributed by atoms with Crippen LogP contribution in [0.1, 0.15) is 63.1 Å². The number of nitrogens with two attached hydrogens (primary N) is 1. The second-order valence-electron chi connectivity index (χ2n) is 8.16. The molecule has 0 amide bonds. The van der Waals surface area contributed by atoms with Crippen molar-refractivity contribution in [3.8, 4) is 0 Å². The third kappa shape index (κ3) is 4.25. The minimum Gasteiger partial charge on any atom is -0.328 e. The van der Waals surface area contributed by atoms with E-state index in [2.05, 4.69) is 49.3 Å². The third-order valence-corrected chi connectivity index (χ3v) is 6.72. The van der Waals surface area contributed by atoms with Crippen LogP contribution in [0.5, 0.6) is 0 Å². The number of hydrogen-bond acceptors (Lipinski definition) is 3. The minimum absolute atomic E-state index is 0.341. The van der Waals surface area contributed by atoms with Crippen LogP contribution in [0.3, 0.4) is 0 Å². The van der Waals surface area contributed by atoms with Crippen LogP contribution < -0.4 is 5.73 Å². The Morgan fingerprint density at radius 1 is 1.33 bits per heavy atom. The van der Waals surface area contributed by atoms with Gasteiger partial charge in [-0.25, -0.2) is 0 Å². The zero-order chi connectivity index (χ0) is 17.2. The van der Waals surface area contributed by atoms with Gasteiger partial charge in [-0.1, -0.05) is 32.0 Å². The monoisotopic (exact) mass is 344 g/mol. The topological polar surface area (TPSA) is 29.3 Å². The van der Waals surface area contributed by atoms with Crippen molar-refractivity contribution < 1.29 is 0 Å². The molecule has 1 saturated heterocycles. The molecule has 24 heavy (non-hydrogen) atoms. The number of allylic oxidation sites excluding steroid dienone is 1. The molecule has 0 radical (unpaired) electrons. The molecule has 0 unspecified atom stereocenters. The summed E-state index contributed by atoms with van der Waals surface area (Å²) in [5.41, 5.74) is 12.2. The van der Waals surface area contributed by atoms with Crippen molar-refractivity contribution in [3.63, 3.8) is 0 Å². The number of nitrogens with zero attached hydrogens (tertiary/aromatic N) is 1. The summed E-state index contributed by atoms with van der Waals surface area (Å²) >= 11 is 1.92. The van der Waals surface area contributed by atoms with Crippen LogP contribution in [-0.4, -0.2) is 29.9 Å². The molecule has 1 aromatic carbocycles. The molecular weight excluding hydrogens is 312 g/mol. The lowest BCUT2D eigenvalue weighted by Crippen LogP contribution is -2.39. The van der Waals surface area contributed by atoms with Crippen molar-refractivity contribution in [2.75, 3.05) is 19.0 Å². The van der Waals surface area contributed by atoms with E-state index in [0.717, 1.165) is 31.8 Å². The lowest BCUT2D eigenvalue weighted by Gasteiger charge is -2.33. The molecular formula is C21H32N2S. The van der Waals surface area contributed by atoms with Crippen molar-refractivity contribution in [1.29, 1.82) is 0 Å². The van der Waals surface area contributed by atoms with E-state index >= 15 is 0 Å². The van der Waals surface area contributed by atoms with Crippen LogP contribution in [-0.2, 0) is 11.8 Å². The first-order valence-corrected chi connectivity index (χ1v) is 10.4. The Morgan fingerprint density at radius 2 is 2.08 bits per heavy atom. The van der Waals surface area contributed by atoms with Gasteiger partial charge in [0.15, 0.2) is 0 Å². The maximum atomic E-state index is 5.98. The SMILES string of the molecule is C/C(=C\SCN1CCC(N)CC1)c1ccc2c(c1)CCCC2(C)C. The van der Waals surface area contributed by atoms with Gasteiger partial charge < -0.3 is 5.73 Å². The summed E-state index contributed by atoms with van der Waals surface area (Å²) in [5, 5.41) is 2.34. The Hall–Kier alpha value is -0.770. The Labute approximate surface area is 151 Å². The smallest absolute Gasteiger partial charge is 0.0485 e. The van der Waals surface area contributed by atoms with E-state index in [1.165, 1.54) is 30.4 Å². The predicted octanol–water partition coefficient (Wildman–Crippen LogP) is 4.78. The highest BCUT2D eigenvalue weighted by Crippen LogP contribution is 2.37. The third-order valence-electron chi connectivity index (χ3n) is 5.69. The molecule has 0 spiro atoms. The molecule has 132 valence electrons. The number of aryl methyl sites for hydroxylation is 1. The van der Waals surface area contributed by atoms with Gasteiger partial charge in [0.05, 0.1) is 0 Å². The van der Waals surface area contributed by atoms with E-state index in [1.54, 1.807) is 11.1 Å². The van der Waals surface area contributed by atoms with Gasteiger partial charge in [0.25, 0.3) is 0 Å². The molecule has 1 aromatic rings. The molecule has 0 aromatic heterocycles. The van der Waals surface area contributed by atoms with Crippen molar-refractivity contribution in [2.24, 2.45) is 5.73 Å². The molecule has 2 N–H and O–H groups in total. The number of piperidine rings is 1. The zero-order valence-electron chi connectivity index (χ0n) is 15.5. The predicted molar refractivity (Wildman–Crippen MR) is 107 cm³/mol. The Morgan fingerprint density at radius 3 is 2.83 bits per heavy atom. The first-order valence-electron chi connectivity index (χ1n) is 9.36. The number of thioether (sulfide) groups is 1. The molecule has 1 aliphatic carbocycles. The second-order valence-corrected chi connectivity index (χ2v) is 8.99. The van der Waals surface area contributed by atoms with Crippen molar-refractivity contribution in [3.05, 3.63) is 40.3 Å². The summed E-state index contributed by atoms with van der Waals surface area (Å²) < 4.78 is 0. The number of hydrogen-bond donors (Lipinski definition) is 1. The van der Waals surface area contributed by atoms with Crippen LogP contribution in [0.2, 0.25) is 0 Å². The quantitative estimate of drug-likeness (QED) is 0.852. The van der Waals surface area contributed by atoms with E-state index in [4.69, 9.17) is 5.73 Å². The number of benzene rings is 1. The van der Waals surface area contributed by atoms with Gasteiger partial charge >= 0.3 is 0 Å². The summed E-state index contributed by atoms with van der Waals surface area (Å²) in [6.45, 7) is 9.31. The van der Waals surface area contributed by atoms with Gasteiger partial charge in [-0.15, -0.1) is 11.8 Å². The summed E-state index contributed by atoms with van der Waals surface area (Å²) in [6.07, 6.45) is 6.15. The Bertz CT molecular complexity index is 598. The van der Waals surface area contributed by atoms with Crippen LogP contribution in [0.4, 0.5) is 0 Å². The molecule has 2 nitrogen and oxygen atoms in total. The van der Waals surface area contributed by atoms with E-state index in [1.807, 2.05) is 11.8 Å². The van der Waals surface area contributed by atoms with E-state index in [-0.39, 0.29) is 0 Å². The van der Waals surface area contributed by atoms with Crippen LogP contribution >= 0.6 is 11.8 Å². The Balaban J connectivity index is 1.61. The van der Waals surface area contributed by atoms with Crippen molar-refractivity contribution in [2.45, 2.75) is 64.3 Å². The van der Waals surface area contributed by atoms with Gasteiger partial charge in [0.1, 0.15) is 0 Å². The first kappa shape index (κ1) is 18.0. The normalized spacial score (nSPS) is 22.4. The van der Waals surface area contributed by atoms with Gasteiger partial charge in [0, 0.05) is 25.0 Å². The van der Waals surface area contributed by atoms with Crippen LogP contribution in [0.25, 0.3) is 5.57 Å². The van der Waals surface area contributed by atoms with E-state index in [0.29, 0.717) is 11.5 Å². The maximum absolute atomic E-state index is 5.98. The van der Waals surface area contributed by atoms with Crippen LogP contribution in [0.15, 0.2) is 23.6 Å². The highest BCUT2D eigenvalue weighted by molar-refractivity contribution is 8.02. The molecule has 0 saturated carbocycles. The largest absolute Gasteiger partial charge is 0.328 e. The van der Waals surface area contributed by atoms with Gasteiger partial charge in [-0.05, 0) is 72.1 Å². The number of fused-ring (bicyclic) bond motifs is 1. The second kappa shape index (κ2) is 7.63. The van der Waals surface area contributed by atoms with Gasteiger partial charge in [-0.2, -0.15) is 0 Å². The van der Waals surface area contributed by atoms with E-state index < -0.39 is 0 Å². The fourth-order valence-corrected chi connectivity index (χ4v) is 4.91. The molecule has 3 heteroatoms. The molecule has 0 atom stereocenters. The number of likely N-dealkylation sites (tertiary alicyclic amines) is 1. The lowest BCUT2D eigenvalue weighted by atomic mass is 9.72. The molecule has 0 bridgehead atoms. The van der Waals surface area contributed by atoms with E-state index in [9.17, 15) is 0 Å². The average Bonchev–Trinajstić information content (AvgIpc) is 2.56. The molecule has 1 heterocycles. The number of rotatable bonds is 4. The minimum atomic E-state index is 0.341. The highest BCUT2D eigenvalue weighted by Gasteiger charge is 2.27. The summed E-state index contributed by atoms with van der Waals surface area (Å²) in [6, 6.07) is 7.54. The Kier molecular flexibility index (Phi) is 5.74. The summed E-state index contributed by atoms with van der Waals surface area (Å²) in [7, 11) is 0. The van der Waals surface area contributed by atoms with Gasteiger partial charge in [0.2, 0.25) is 0 Å². The highest BCUT2D eigenvalue weighted by atomic mass is 32.2. The molecule has 1 aliphatic heterocycles. The maximum Gasteiger partial charge on any atom is 0.0485 e. The standard InChI is InChI=1S/C21H32N2S/c1-16(14-24-15-23-11-8-19(22)9-12-23)17-6-7-20-18(13-17)5-4-10-21(20,2)3/h6-7,13-14,19H,4-5,8-12,15,22H2,1-3H3/b16-14+. The summed E-state index contributed by atoms with van der Waals surface area (Å²) in [4.78, 5) is 2.52. The molecule has 1 fully saturated rings. The fourth-order valence-electron chi connectivity index (χ4n) is 3.98. The van der Waals surface area contributed by atoms with Crippen molar-refractivity contribution >= 4 is 17.3 Å². The van der Waals surface area contributed by atoms with Gasteiger partial charge in [-0.3, -0.25) is 4.90 Å². The molecule has 3 rings (SSSR count). The fraction of sp³-hybridized carbons (Fsp3) is 0.619. The molecule has 2 aliphatic rings. The summed E-state index contributed by atoms with van der Waals surface area (Å²) in [5.74, 6) is 1.09. The lowest BCUT2D eigenvalue weighted by molar-refractivity contribution is 0.247. The zero-order valence-corrected chi connectivity index (χ0v) is 16.3. The first-order chi connectivity index (χ1) is 11.5. The van der Waals surface area contributed by atoms with Crippen molar-refractivity contribution in [1.82, 2.24) is 4.90 Å². The van der Waals surface area contributed by atoms with Crippen LogP contribution in [0, 0.1) is 0 Å². The average molecular weight is 345 g/mol.